The molecule has 0 aliphatic carbocycles. The highest BCUT2D eigenvalue weighted by molar-refractivity contribution is 5.95. The molecule has 5 nitrogen and oxygen atoms in total. The summed E-state index contributed by atoms with van der Waals surface area (Å²) in [7, 11) is 0. The molecule has 1 aromatic rings. The molecule has 0 aromatic carbocycles. The number of hydrogen-bond acceptors (Lipinski definition) is 4. The number of likely N-dealkylation sites (tertiary alicyclic amines) is 1. The number of pyridine rings is 1. The SMILES string of the molecule is CCCNc1cc(C(=O)N2CCCC(CO)C2)cc(C)n1. The van der Waals surface area contributed by atoms with Crippen LogP contribution in [0, 0.1) is 12.8 Å². The molecule has 2 rings (SSSR count). The average molecular weight is 291 g/mol. The number of rotatable bonds is 5. The van der Waals surface area contributed by atoms with Gasteiger partial charge in [0.05, 0.1) is 0 Å². The molecule has 1 aliphatic rings. The maximum absolute atomic E-state index is 12.6. The van der Waals surface area contributed by atoms with Crippen LogP contribution in [0.5, 0.6) is 0 Å². The van der Waals surface area contributed by atoms with Crippen molar-refractivity contribution in [3.63, 3.8) is 0 Å². The Labute approximate surface area is 126 Å². The molecule has 0 spiro atoms. The van der Waals surface area contributed by atoms with Crippen LogP contribution in [0.25, 0.3) is 0 Å². The number of amides is 1. The molecule has 1 aliphatic heterocycles. The van der Waals surface area contributed by atoms with Crippen molar-refractivity contribution in [2.45, 2.75) is 33.1 Å². The Morgan fingerprint density at radius 1 is 1.52 bits per heavy atom. The molecule has 2 N–H and O–H groups in total. The van der Waals surface area contributed by atoms with Crippen LogP contribution in [0.2, 0.25) is 0 Å². The lowest BCUT2D eigenvalue weighted by molar-refractivity contribution is 0.0620. The van der Waals surface area contributed by atoms with E-state index in [9.17, 15) is 9.90 Å². The number of carbonyl (C=O) groups is 1. The molecule has 1 saturated heterocycles. The smallest absolute Gasteiger partial charge is 0.254 e. The second-order valence-corrected chi connectivity index (χ2v) is 5.75. The Hall–Kier alpha value is -1.62. The highest BCUT2D eigenvalue weighted by Gasteiger charge is 2.24. The summed E-state index contributed by atoms with van der Waals surface area (Å²) in [6.07, 6.45) is 2.98. The van der Waals surface area contributed by atoms with E-state index in [-0.39, 0.29) is 18.4 Å². The number of piperidine rings is 1. The minimum atomic E-state index is 0.0400. The molecule has 1 aromatic heterocycles. The van der Waals surface area contributed by atoms with Crippen molar-refractivity contribution in [3.05, 3.63) is 23.4 Å². The third kappa shape index (κ3) is 4.17. The Bertz CT molecular complexity index is 490. The van der Waals surface area contributed by atoms with E-state index in [0.29, 0.717) is 12.1 Å². The van der Waals surface area contributed by atoms with Gasteiger partial charge in [0.25, 0.3) is 5.91 Å². The molecule has 5 heteroatoms. The molecule has 21 heavy (non-hydrogen) atoms. The molecular weight excluding hydrogens is 266 g/mol. The van der Waals surface area contributed by atoms with Crippen molar-refractivity contribution >= 4 is 11.7 Å². The van der Waals surface area contributed by atoms with Gasteiger partial charge < -0.3 is 15.3 Å². The van der Waals surface area contributed by atoms with E-state index in [1.807, 2.05) is 24.0 Å². The number of anilines is 1. The van der Waals surface area contributed by atoms with Crippen LogP contribution in [-0.4, -0.2) is 47.1 Å². The minimum Gasteiger partial charge on any atom is -0.396 e. The van der Waals surface area contributed by atoms with Gasteiger partial charge >= 0.3 is 0 Å². The fraction of sp³-hybridized carbons (Fsp3) is 0.625. The number of aliphatic hydroxyl groups is 1. The normalized spacial score (nSPS) is 18.6. The standard InChI is InChI=1S/C16H25N3O2/c1-3-6-17-15-9-14(8-12(2)18-15)16(21)19-7-4-5-13(10-19)11-20/h8-9,13,20H,3-7,10-11H2,1-2H3,(H,17,18). The second-order valence-electron chi connectivity index (χ2n) is 5.75. The number of nitrogens with zero attached hydrogens (tertiary/aromatic N) is 2. The summed E-state index contributed by atoms with van der Waals surface area (Å²) in [6, 6.07) is 3.66. The fourth-order valence-electron chi connectivity index (χ4n) is 2.72. The lowest BCUT2D eigenvalue weighted by atomic mass is 9.98. The van der Waals surface area contributed by atoms with Crippen molar-refractivity contribution in [2.24, 2.45) is 5.92 Å². The van der Waals surface area contributed by atoms with E-state index in [4.69, 9.17) is 0 Å². The lowest BCUT2D eigenvalue weighted by Crippen LogP contribution is -2.41. The van der Waals surface area contributed by atoms with E-state index in [1.165, 1.54) is 0 Å². The molecule has 1 amide bonds. The van der Waals surface area contributed by atoms with Crippen LogP contribution in [0.1, 0.15) is 42.2 Å². The largest absolute Gasteiger partial charge is 0.396 e. The lowest BCUT2D eigenvalue weighted by Gasteiger charge is -2.32. The topological polar surface area (TPSA) is 65.5 Å². The first-order chi connectivity index (χ1) is 10.1. The van der Waals surface area contributed by atoms with Gasteiger partial charge in [0.15, 0.2) is 0 Å². The molecular formula is C16H25N3O2. The van der Waals surface area contributed by atoms with E-state index < -0.39 is 0 Å². The molecule has 0 radical (unpaired) electrons. The average Bonchev–Trinajstić information content (AvgIpc) is 2.51. The Morgan fingerprint density at radius 2 is 2.33 bits per heavy atom. The van der Waals surface area contributed by atoms with Crippen molar-refractivity contribution in [2.75, 3.05) is 31.6 Å². The monoisotopic (exact) mass is 291 g/mol. The van der Waals surface area contributed by atoms with Crippen LogP contribution in [-0.2, 0) is 0 Å². The van der Waals surface area contributed by atoms with Crippen LogP contribution in [0.4, 0.5) is 5.82 Å². The van der Waals surface area contributed by atoms with E-state index >= 15 is 0 Å². The van der Waals surface area contributed by atoms with Gasteiger partial charge in [0, 0.05) is 37.5 Å². The van der Waals surface area contributed by atoms with E-state index in [0.717, 1.165) is 43.9 Å². The summed E-state index contributed by atoms with van der Waals surface area (Å²) in [6.45, 7) is 6.42. The Balaban J connectivity index is 2.12. The van der Waals surface area contributed by atoms with Gasteiger partial charge in [-0.15, -0.1) is 0 Å². The maximum Gasteiger partial charge on any atom is 0.254 e. The van der Waals surface area contributed by atoms with Gasteiger partial charge in [-0.25, -0.2) is 4.98 Å². The number of nitrogens with one attached hydrogen (secondary N) is 1. The number of aryl methyl sites for hydroxylation is 1. The number of aromatic nitrogens is 1. The zero-order valence-corrected chi connectivity index (χ0v) is 12.9. The first kappa shape index (κ1) is 15.8. The van der Waals surface area contributed by atoms with Gasteiger partial charge in [-0.2, -0.15) is 0 Å². The Morgan fingerprint density at radius 3 is 3.05 bits per heavy atom. The summed E-state index contributed by atoms with van der Waals surface area (Å²) in [5.74, 6) is 1.01. The van der Waals surface area contributed by atoms with Gasteiger partial charge in [-0.05, 0) is 44.2 Å². The van der Waals surface area contributed by atoms with Crippen LogP contribution < -0.4 is 5.32 Å². The van der Waals surface area contributed by atoms with Gasteiger partial charge in [0.1, 0.15) is 5.82 Å². The predicted octanol–water partition coefficient (Wildman–Crippen LogP) is 2.06. The van der Waals surface area contributed by atoms with Crippen LogP contribution >= 0.6 is 0 Å². The number of carbonyl (C=O) groups excluding carboxylic acids is 1. The molecule has 1 unspecified atom stereocenters. The molecule has 2 heterocycles. The van der Waals surface area contributed by atoms with E-state index in [2.05, 4.69) is 17.2 Å². The zero-order valence-electron chi connectivity index (χ0n) is 12.9. The first-order valence-corrected chi connectivity index (χ1v) is 7.76. The van der Waals surface area contributed by atoms with Crippen molar-refractivity contribution in [1.82, 2.24) is 9.88 Å². The van der Waals surface area contributed by atoms with Gasteiger partial charge in [-0.1, -0.05) is 6.92 Å². The van der Waals surface area contributed by atoms with Crippen LogP contribution in [0.3, 0.4) is 0 Å². The molecule has 0 saturated carbocycles. The van der Waals surface area contributed by atoms with Gasteiger partial charge in [-0.3, -0.25) is 4.79 Å². The van der Waals surface area contributed by atoms with Gasteiger partial charge in [0.2, 0.25) is 0 Å². The Kier molecular flexibility index (Phi) is 5.56. The van der Waals surface area contributed by atoms with Crippen molar-refractivity contribution in [1.29, 1.82) is 0 Å². The molecule has 1 fully saturated rings. The summed E-state index contributed by atoms with van der Waals surface area (Å²) in [5, 5.41) is 12.5. The highest BCUT2D eigenvalue weighted by Crippen LogP contribution is 2.19. The van der Waals surface area contributed by atoms with Crippen LogP contribution in [0.15, 0.2) is 12.1 Å². The summed E-state index contributed by atoms with van der Waals surface area (Å²) >= 11 is 0. The quantitative estimate of drug-likeness (QED) is 0.871. The second kappa shape index (κ2) is 7.41. The summed E-state index contributed by atoms with van der Waals surface area (Å²) < 4.78 is 0. The van der Waals surface area contributed by atoms with Crippen molar-refractivity contribution in [3.8, 4) is 0 Å². The fourth-order valence-corrected chi connectivity index (χ4v) is 2.72. The zero-order chi connectivity index (χ0) is 15.2. The molecule has 0 bridgehead atoms. The summed E-state index contributed by atoms with van der Waals surface area (Å²) in [4.78, 5) is 18.9. The number of hydrogen-bond donors (Lipinski definition) is 2. The summed E-state index contributed by atoms with van der Waals surface area (Å²) in [5.41, 5.74) is 1.52. The first-order valence-electron chi connectivity index (χ1n) is 7.76. The molecule has 1 atom stereocenters. The highest BCUT2D eigenvalue weighted by atomic mass is 16.3. The minimum absolute atomic E-state index is 0.0400. The van der Waals surface area contributed by atoms with E-state index in [1.54, 1.807) is 0 Å². The third-order valence-electron chi connectivity index (χ3n) is 3.82. The predicted molar refractivity (Wildman–Crippen MR) is 83.5 cm³/mol. The third-order valence-corrected chi connectivity index (χ3v) is 3.82. The molecule has 116 valence electrons. The van der Waals surface area contributed by atoms with Crippen molar-refractivity contribution < 1.29 is 9.90 Å². The maximum atomic E-state index is 12.6. The number of aliphatic hydroxyl groups excluding tert-OH is 1.